The molecule has 2 N–H and O–H groups in total. The Morgan fingerprint density at radius 3 is 2.85 bits per heavy atom. The number of fused-ring (bicyclic) bond motifs is 1. The van der Waals surface area contributed by atoms with E-state index < -0.39 is 0 Å². The normalized spacial score (nSPS) is 12.9. The van der Waals surface area contributed by atoms with Crippen LogP contribution in [0.4, 0.5) is 0 Å². The van der Waals surface area contributed by atoms with Crippen LogP contribution in [-0.4, -0.2) is 4.98 Å². The van der Waals surface area contributed by atoms with E-state index in [9.17, 15) is 0 Å². The number of hydrogen-bond acceptors (Lipinski definition) is 2. The second kappa shape index (κ2) is 5.78. The Kier molecular flexibility index (Phi) is 4.03. The van der Waals surface area contributed by atoms with Gasteiger partial charge in [-0.3, -0.25) is 0 Å². The molecule has 0 saturated carbocycles. The zero-order valence-electron chi connectivity index (χ0n) is 10.9. The van der Waals surface area contributed by atoms with Crippen molar-refractivity contribution in [3.8, 4) is 0 Å². The fraction of sp³-hybridized carbons (Fsp3) is 0.200. The van der Waals surface area contributed by atoms with Crippen LogP contribution < -0.4 is 5.32 Å². The molecule has 5 heteroatoms. The van der Waals surface area contributed by atoms with E-state index in [0.29, 0.717) is 0 Å². The molecule has 2 heterocycles. The first-order chi connectivity index (χ1) is 9.63. The zero-order valence-corrected chi connectivity index (χ0v) is 13.2. The molecule has 1 aromatic carbocycles. The highest BCUT2D eigenvalue weighted by molar-refractivity contribution is 7.16. The van der Waals surface area contributed by atoms with Gasteiger partial charge < -0.3 is 10.3 Å². The quantitative estimate of drug-likeness (QED) is 0.661. The molecule has 1 atom stereocenters. The fourth-order valence-electron chi connectivity index (χ4n) is 2.23. The third-order valence-corrected chi connectivity index (χ3v) is 5.00. The maximum absolute atomic E-state index is 5.99. The van der Waals surface area contributed by atoms with Gasteiger partial charge in [0.05, 0.1) is 4.34 Å². The minimum atomic E-state index is 0.282. The lowest BCUT2D eigenvalue weighted by molar-refractivity contribution is 0.585. The van der Waals surface area contributed by atoms with Gasteiger partial charge in [-0.15, -0.1) is 11.3 Å². The first kappa shape index (κ1) is 14.0. The predicted octanol–water partition coefficient (Wildman–Crippen LogP) is 5.39. The largest absolute Gasteiger partial charge is 0.361 e. The molecule has 0 bridgehead atoms. The van der Waals surface area contributed by atoms with Crippen molar-refractivity contribution in [1.29, 1.82) is 0 Å². The Morgan fingerprint density at radius 1 is 1.25 bits per heavy atom. The Hall–Kier alpha value is -1.000. The molecule has 2 aromatic heterocycles. The number of aromatic nitrogens is 1. The Labute approximate surface area is 131 Å². The number of halogens is 2. The van der Waals surface area contributed by atoms with E-state index in [1.165, 1.54) is 15.8 Å². The van der Waals surface area contributed by atoms with Crippen molar-refractivity contribution in [2.24, 2.45) is 0 Å². The summed E-state index contributed by atoms with van der Waals surface area (Å²) in [5.74, 6) is 0. The highest BCUT2D eigenvalue weighted by Crippen LogP contribution is 2.27. The number of thiophene rings is 1. The van der Waals surface area contributed by atoms with Gasteiger partial charge in [0.25, 0.3) is 0 Å². The van der Waals surface area contributed by atoms with Crippen molar-refractivity contribution in [1.82, 2.24) is 10.3 Å². The summed E-state index contributed by atoms with van der Waals surface area (Å²) >= 11 is 13.6. The molecule has 0 radical (unpaired) electrons. The average Bonchev–Trinajstić information content (AvgIpc) is 3.02. The maximum Gasteiger partial charge on any atom is 0.0931 e. The van der Waals surface area contributed by atoms with Crippen LogP contribution in [0.25, 0.3) is 10.9 Å². The van der Waals surface area contributed by atoms with Crippen LogP contribution in [0.15, 0.2) is 36.5 Å². The molecule has 0 spiro atoms. The lowest BCUT2D eigenvalue weighted by Crippen LogP contribution is -2.16. The number of aromatic amines is 1. The van der Waals surface area contributed by atoms with E-state index in [2.05, 4.69) is 29.4 Å². The third kappa shape index (κ3) is 2.86. The van der Waals surface area contributed by atoms with E-state index in [1.54, 1.807) is 11.3 Å². The summed E-state index contributed by atoms with van der Waals surface area (Å²) in [5, 5.41) is 5.48. The minimum Gasteiger partial charge on any atom is -0.361 e. The first-order valence-electron chi connectivity index (χ1n) is 6.37. The second-order valence-corrected chi connectivity index (χ2v) is 6.93. The van der Waals surface area contributed by atoms with Gasteiger partial charge in [0.15, 0.2) is 0 Å². The summed E-state index contributed by atoms with van der Waals surface area (Å²) in [6.07, 6.45) is 2.03. The van der Waals surface area contributed by atoms with E-state index >= 15 is 0 Å². The van der Waals surface area contributed by atoms with Crippen LogP contribution in [0, 0.1) is 0 Å². The lowest BCUT2D eigenvalue weighted by atomic mass is 10.1. The van der Waals surface area contributed by atoms with Crippen LogP contribution in [0.5, 0.6) is 0 Å². The van der Waals surface area contributed by atoms with Gasteiger partial charge in [-0.05, 0) is 36.8 Å². The van der Waals surface area contributed by atoms with Gasteiger partial charge in [0.1, 0.15) is 0 Å². The van der Waals surface area contributed by atoms with Crippen LogP contribution in [0.2, 0.25) is 9.36 Å². The molecule has 20 heavy (non-hydrogen) atoms. The maximum atomic E-state index is 5.99. The van der Waals surface area contributed by atoms with Gasteiger partial charge in [-0.1, -0.05) is 29.3 Å². The Bertz CT molecular complexity index is 732. The zero-order chi connectivity index (χ0) is 14.1. The van der Waals surface area contributed by atoms with Gasteiger partial charge in [0.2, 0.25) is 0 Å². The van der Waals surface area contributed by atoms with Crippen LogP contribution in [-0.2, 0) is 6.54 Å². The molecule has 0 saturated heterocycles. The lowest BCUT2D eigenvalue weighted by Gasteiger charge is -2.11. The van der Waals surface area contributed by atoms with Crippen LogP contribution in [0.1, 0.15) is 23.4 Å². The summed E-state index contributed by atoms with van der Waals surface area (Å²) < 4.78 is 0.829. The molecule has 0 aliphatic rings. The topological polar surface area (TPSA) is 27.8 Å². The van der Waals surface area contributed by atoms with E-state index in [0.717, 1.165) is 21.4 Å². The Balaban J connectivity index is 1.74. The fourth-order valence-corrected chi connectivity index (χ4v) is 3.49. The summed E-state index contributed by atoms with van der Waals surface area (Å²) in [6, 6.07) is 10.2. The number of hydrogen-bond donors (Lipinski definition) is 2. The summed E-state index contributed by atoms with van der Waals surface area (Å²) in [5.41, 5.74) is 2.31. The molecule has 0 fully saturated rings. The molecule has 104 valence electrons. The first-order valence-corrected chi connectivity index (χ1v) is 7.95. The minimum absolute atomic E-state index is 0.282. The van der Waals surface area contributed by atoms with Crippen molar-refractivity contribution in [3.05, 3.63) is 56.3 Å². The number of nitrogens with one attached hydrogen (secondary N) is 2. The van der Waals surface area contributed by atoms with E-state index in [-0.39, 0.29) is 6.04 Å². The average molecular weight is 325 g/mol. The number of benzene rings is 1. The predicted molar refractivity (Wildman–Crippen MR) is 87.9 cm³/mol. The molecular weight excluding hydrogens is 311 g/mol. The summed E-state index contributed by atoms with van der Waals surface area (Å²) in [7, 11) is 0. The van der Waals surface area contributed by atoms with Crippen molar-refractivity contribution < 1.29 is 0 Å². The smallest absolute Gasteiger partial charge is 0.0931 e. The standard InChI is InChI=1S/C15H14Cl2N2S/c1-9(14-4-5-15(17)20-14)18-7-10-8-19-13-6-11(16)2-3-12(10)13/h2-6,8-9,18-19H,7H2,1H3. The molecule has 0 aliphatic heterocycles. The molecule has 2 nitrogen and oxygen atoms in total. The molecule has 0 amide bonds. The summed E-state index contributed by atoms with van der Waals surface area (Å²) in [6.45, 7) is 2.95. The molecule has 0 aliphatic carbocycles. The number of rotatable bonds is 4. The molecule has 3 aromatic rings. The highest BCUT2D eigenvalue weighted by atomic mass is 35.5. The third-order valence-electron chi connectivity index (χ3n) is 3.35. The van der Waals surface area contributed by atoms with E-state index in [1.807, 2.05) is 24.4 Å². The van der Waals surface area contributed by atoms with Crippen LogP contribution in [0.3, 0.4) is 0 Å². The Morgan fingerprint density at radius 2 is 2.10 bits per heavy atom. The van der Waals surface area contributed by atoms with Crippen molar-refractivity contribution in [2.45, 2.75) is 19.5 Å². The van der Waals surface area contributed by atoms with Crippen molar-refractivity contribution in [3.63, 3.8) is 0 Å². The monoisotopic (exact) mass is 324 g/mol. The highest BCUT2D eigenvalue weighted by Gasteiger charge is 2.09. The van der Waals surface area contributed by atoms with E-state index in [4.69, 9.17) is 23.2 Å². The van der Waals surface area contributed by atoms with Crippen molar-refractivity contribution in [2.75, 3.05) is 0 Å². The molecule has 1 unspecified atom stereocenters. The van der Waals surface area contributed by atoms with Gasteiger partial charge in [-0.2, -0.15) is 0 Å². The van der Waals surface area contributed by atoms with Gasteiger partial charge in [-0.25, -0.2) is 0 Å². The molecule has 3 rings (SSSR count). The van der Waals surface area contributed by atoms with Gasteiger partial charge in [0, 0.05) is 39.6 Å². The van der Waals surface area contributed by atoms with Crippen LogP contribution >= 0.6 is 34.5 Å². The molecular formula is C15H14Cl2N2S. The SMILES string of the molecule is CC(NCc1c[nH]c2cc(Cl)ccc12)c1ccc(Cl)s1. The number of H-pyrrole nitrogens is 1. The van der Waals surface area contributed by atoms with Crippen molar-refractivity contribution >= 4 is 45.4 Å². The second-order valence-electron chi connectivity index (χ2n) is 4.75. The van der Waals surface area contributed by atoms with Gasteiger partial charge >= 0.3 is 0 Å². The summed E-state index contributed by atoms with van der Waals surface area (Å²) in [4.78, 5) is 4.50.